The summed E-state index contributed by atoms with van der Waals surface area (Å²) in [6.45, 7) is 0. The van der Waals surface area contributed by atoms with Crippen molar-refractivity contribution >= 4 is 23.4 Å². The molecule has 0 nitrogen and oxygen atoms in total. The van der Waals surface area contributed by atoms with Gasteiger partial charge < -0.3 is 0 Å². The van der Waals surface area contributed by atoms with E-state index < -0.39 is 0 Å². The van der Waals surface area contributed by atoms with E-state index in [4.69, 9.17) is 11.6 Å². The molecule has 2 rings (SSSR count). The number of hydrogen-bond acceptors (Lipinski definition) is 1. The van der Waals surface area contributed by atoms with Crippen molar-refractivity contribution < 1.29 is 0 Å². The Morgan fingerprint density at radius 2 is 1.86 bits per heavy atom. The molecule has 0 heterocycles. The Bertz CT molecular complexity index is 412. The molecule has 0 amide bonds. The summed E-state index contributed by atoms with van der Waals surface area (Å²) in [5.41, 5.74) is 0. The summed E-state index contributed by atoms with van der Waals surface area (Å²) in [4.78, 5) is 2.25. The molecule has 2 aromatic rings. The van der Waals surface area contributed by atoms with Gasteiger partial charge >= 0.3 is 0 Å². The summed E-state index contributed by atoms with van der Waals surface area (Å²) < 4.78 is 0. The van der Waals surface area contributed by atoms with Crippen molar-refractivity contribution in [3.63, 3.8) is 0 Å². The number of hydrogen-bond donors (Lipinski definition) is 0. The smallest absolute Gasteiger partial charge is 0.0417 e. The highest BCUT2D eigenvalue weighted by Gasteiger charge is 1.96. The van der Waals surface area contributed by atoms with Gasteiger partial charge in [-0.3, -0.25) is 0 Å². The number of rotatable bonds is 2. The van der Waals surface area contributed by atoms with Crippen LogP contribution in [0.2, 0.25) is 5.02 Å². The van der Waals surface area contributed by atoms with Crippen LogP contribution in [-0.2, 0) is 0 Å². The van der Waals surface area contributed by atoms with E-state index in [1.165, 1.54) is 4.90 Å². The van der Waals surface area contributed by atoms with Crippen molar-refractivity contribution in [3.05, 3.63) is 59.6 Å². The van der Waals surface area contributed by atoms with E-state index in [2.05, 4.69) is 18.2 Å². The molecular formula is C12H8ClS. The second kappa shape index (κ2) is 4.54. The molecule has 14 heavy (non-hydrogen) atoms. The van der Waals surface area contributed by atoms with Crippen LogP contribution >= 0.6 is 23.4 Å². The molecule has 2 aromatic carbocycles. The van der Waals surface area contributed by atoms with E-state index in [1.54, 1.807) is 11.8 Å². The first kappa shape index (κ1) is 9.63. The second-order valence-electron chi connectivity index (χ2n) is 2.79. The van der Waals surface area contributed by atoms with Crippen LogP contribution in [0, 0.1) is 6.07 Å². The lowest BCUT2D eigenvalue weighted by Crippen LogP contribution is -1.73. The summed E-state index contributed by atoms with van der Waals surface area (Å²) in [7, 11) is 0. The lowest BCUT2D eigenvalue weighted by Gasteiger charge is -2.00. The molecular weight excluding hydrogens is 212 g/mol. The molecule has 0 unspecified atom stereocenters. The normalized spacial score (nSPS) is 10.1. The second-order valence-corrected chi connectivity index (χ2v) is 4.34. The fourth-order valence-corrected chi connectivity index (χ4v) is 2.19. The molecule has 1 radical (unpaired) electrons. The van der Waals surface area contributed by atoms with Gasteiger partial charge in [-0.25, -0.2) is 0 Å². The van der Waals surface area contributed by atoms with Gasteiger partial charge in [-0.2, -0.15) is 0 Å². The quantitative estimate of drug-likeness (QED) is 0.726. The third-order valence-corrected chi connectivity index (χ3v) is 2.91. The van der Waals surface area contributed by atoms with E-state index in [1.807, 2.05) is 36.4 Å². The lowest BCUT2D eigenvalue weighted by atomic mass is 10.4. The molecule has 0 N–H and O–H groups in total. The van der Waals surface area contributed by atoms with Crippen molar-refractivity contribution in [3.8, 4) is 0 Å². The van der Waals surface area contributed by atoms with Crippen molar-refractivity contribution in [2.75, 3.05) is 0 Å². The molecule has 0 saturated heterocycles. The highest BCUT2D eigenvalue weighted by Crippen LogP contribution is 2.28. The van der Waals surface area contributed by atoms with Gasteiger partial charge in [0.15, 0.2) is 0 Å². The molecule has 0 aliphatic rings. The summed E-state index contributed by atoms with van der Waals surface area (Å²) in [6, 6.07) is 18.9. The van der Waals surface area contributed by atoms with Crippen molar-refractivity contribution in [1.82, 2.24) is 0 Å². The largest absolute Gasteiger partial charge is 0.0894 e. The highest BCUT2D eigenvalue weighted by atomic mass is 35.5. The molecule has 2 heteroatoms. The maximum atomic E-state index is 5.88. The fraction of sp³-hybridized carbons (Fsp3) is 0. The minimum atomic E-state index is 0.752. The fourth-order valence-electron chi connectivity index (χ4n) is 1.09. The van der Waals surface area contributed by atoms with Gasteiger partial charge in [-0.15, -0.1) is 0 Å². The van der Waals surface area contributed by atoms with Crippen LogP contribution in [0.25, 0.3) is 0 Å². The third-order valence-electron chi connectivity index (χ3n) is 1.71. The Morgan fingerprint density at radius 3 is 2.57 bits per heavy atom. The maximum absolute atomic E-state index is 5.88. The molecule has 0 aliphatic heterocycles. The van der Waals surface area contributed by atoms with Gasteiger partial charge in [0.2, 0.25) is 0 Å². The van der Waals surface area contributed by atoms with Gasteiger partial charge in [0.05, 0.1) is 0 Å². The van der Waals surface area contributed by atoms with Crippen molar-refractivity contribution in [1.29, 1.82) is 0 Å². The zero-order valence-corrected chi connectivity index (χ0v) is 8.98. The first-order chi connectivity index (χ1) is 6.84. The Hall–Kier alpha value is -0.920. The van der Waals surface area contributed by atoms with Gasteiger partial charge in [0, 0.05) is 14.8 Å². The molecule has 0 spiro atoms. The molecule has 0 aromatic heterocycles. The molecule has 0 aliphatic carbocycles. The van der Waals surface area contributed by atoms with Crippen molar-refractivity contribution in [2.24, 2.45) is 0 Å². The van der Waals surface area contributed by atoms with Crippen LogP contribution in [0.1, 0.15) is 0 Å². The lowest BCUT2D eigenvalue weighted by molar-refractivity contribution is 1.40. The molecule has 0 atom stereocenters. The summed E-state index contributed by atoms with van der Waals surface area (Å²) in [5.74, 6) is 0. The Balaban J connectivity index is 2.19. The average molecular weight is 220 g/mol. The maximum Gasteiger partial charge on any atom is 0.0417 e. The Morgan fingerprint density at radius 1 is 1.07 bits per heavy atom. The standard InChI is InChI=1S/C12H8ClS/c13-10-5-4-8-12(9-10)14-11-6-2-1-3-7-11/h1-7,9H. The van der Waals surface area contributed by atoms with Gasteiger partial charge in [0.1, 0.15) is 0 Å². The Labute approximate surface area is 92.9 Å². The zero-order chi connectivity index (χ0) is 9.80. The molecule has 69 valence electrons. The monoisotopic (exact) mass is 219 g/mol. The average Bonchev–Trinajstić information content (AvgIpc) is 2.19. The van der Waals surface area contributed by atoms with E-state index in [9.17, 15) is 0 Å². The Kier molecular flexibility index (Phi) is 3.12. The van der Waals surface area contributed by atoms with Crippen LogP contribution in [0.4, 0.5) is 0 Å². The van der Waals surface area contributed by atoms with Gasteiger partial charge in [-0.05, 0) is 30.3 Å². The SMILES string of the molecule is Clc1cc[c]c(Sc2ccccc2)c1. The zero-order valence-electron chi connectivity index (χ0n) is 7.41. The van der Waals surface area contributed by atoms with Crippen LogP contribution < -0.4 is 0 Å². The summed E-state index contributed by atoms with van der Waals surface area (Å²) >= 11 is 7.54. The predicted molar refractivity (Wildman–Crippen MR) is 60.9 cm³/mol. The minimum Gasteiger partial charge on any atom is -0.0894 e. The van der Waals surface area contributed by atoms with E-state index >= 15 is 0 Å². The summed E-state index contributed by atoms with van der Waals surface area (Å²) in [6.07, 6.45) is 0. The number of benzene rings is 2. The number of halogens is 1. The predicted octanol–water partition coefficient (Wildman–Crippen LogP) is 4.29. The van der Waals surface area contributed by atoms with Crippen molar-refractivity contribution in [2.45, 2.75) is 9.79 Å². The molecule has 0 bridgehead atoms. The topological polar surface area (TPSA) is 0 Å². The van der Waals surface area contributed by atoms with Crippen LogP contribution in [0.3, 0.4) is 0 Å². The first-order valence-electron chi connectivity index (χ1n) is 4.25. The van der Waals surface area contributed by atoms with E-state index in [-0.39, 0.29) is 0 Å². The third kappa shape index (κ3) is 2.53. The summed E-state index contributed by atoms with van der Waals surface area (Å²) in [5, 5.41) is 0.752. The first-order valence-corrected chi connectivity index (χ1v) is 5.44. The van der Waals surface area contributed by atoms with Crippen LogP contribution in [0.5, 0.6) is 0 Å². The molecule has 0 saturated carbocycles. The van der Waals surface area contributed by atoms with Gasteiger partial charge in [0.25, 0.3) is 0 Å². The minimum absolute atomic E-state index is 0.752. The van der Waals surface area contributed by atoms with Crippen LogP contribution in [-0.4, -0.2) is 0 Å². The van der Waals surface area contributed by atoms with Gasteiger partial charge in [-0.1, -0.05) is 47.6 Å². The van der Waals surface area contributed by atoms with E-state index in [0.29, 0.717) is 0 Å². The van der Waals surface area contributed by atoms with Crippen LogP contribution in [0.15, 0.2) is 58.3 Å². The van der Waals surface area contributed by atoms with E-state index in [0.717, 1.165) is 9.92 Å². The highest BCUT2D eigenvalue weighted by molar-refractivity contribution is 7.99. The molecule has 0 fully saturated rings.